The van der Waals surface area contributed by atoms with Crippen molar-refractivity contribution in [2.45, 2.75) is 26.4 Å². The van der Waals surface area contributed by atoms with E-state index < -0.39 is 0 Å². The van der Waals surface area contributed by atoms with Crippen LogP contribution >= 0.6 is 27.3 Å². The third kappa shape index (κ3) is 3.79. The van der Waals surface area contributed by atoms with E-state index in [0.29, 0.717) is 17.9 Å². The predicted octanol–water partition coefficient (Wildman–Crippen LogP) is 4.31. The lowest BCUT2D eigenvalue weighted by Crippen LogP contribution is -1.98. The molecule has 0 spiro atoms. The van der Waals surface area contributed by atoms with Crippen LogP contribution in [-0.2, 0) is 13.0 Å². The SMILES string of the molecule is CCCc1nc(COc2ccc(Br)cc2C#N)cs1. The fourth-order valence-electron chi connectivity index (χ4n) is 1.61. The molecule has 2 aromatic rings. The van der Waals surface area contributed by atoms with E-state index in [9.17, 15) is 0 Å². The molecule has 3 nitrogen and oxygen atoms in total. The van der Waals surface area contributed by atoms with E-state index >= 15 is 0 Å². The Balaban J connectivity index is 2.04. The van der Waals surface area contributed by atoms with E-state index in [1.807, 2.05) is 11.4 Å². The van der Waals surface area contributed by atoms with Crippen LogP contribution in [0.1, 0.15) is 29.6 Å². The number of ether oxygens (including phenoxy) is 1. The molecule has 5 heteroatoms. The number of halogens is 1. The van der Waals surface area contributed by atoms with Crippen molar-refractivity contribution in [3.05, 3.63) is 44.3 Å². The first-order chi connectivity index (χ1) is 9.22. The lowest BCUT2D eigenvalue weighted by Gasteiger charge is -2.06. The van der Waals surface area contributed by atoms with Gasteiger partial charge in [-0.05, 0) is 31.0 Å². The van der Waals surface area contributed by atoms with Gasteiger partial charge in [0, 0.05) is 9.85 Å². The topological polar surface area (TPSA) is 45.9 Å². The summed E-state index contributed by atoms with van der Waals surface area (Å²) in [7, 11) is 0. The number of hydrogen-bond acceptors (Lipinski definition) is 4. The number of rotatable bonds is 5. The highest BCUT2D eigenvalue weighted by atomic mass is 79.9. The molecule has 0 unspecified atom stereocenters. The summed E-state index contributed by atoms with van der Waals surface area (Å²) >= 11 is 4.99. The van der Waals surface area contributed by atoms with Gasteiger partial charge in [-0.15, -0.1) is 11.3 Å². The molecular formula is C14H13BrN2OS. The fourth-order valence-corrected chi connectivity index (χ4v) is 2.86. The molecule has 1 aromatic heterocycles. The molecule has 1 aromatic carbocycles. The Labute approximate surface area is 125 Å². The van der Waals surface area contributed by atoms with Gasteiger partial charge in [-0.2, -0.15) is 5.26 Å². The molecule has 1 heterocycles. The molecule has 0 bridgehead atoms. The molecule has 0 fully saturated rings. The molecule has 0 aliphatic heterocycles. The zero-order valence-corrected chi connectivity index (χ0v) is 12.9. The van der Waals surface area contributed by atoms with E-state index in [1.54, 1.807) is 23.5 Å². The molecule has 0 atom stereocenters. The van der Waals surface area contributed by atoms with E-state index in [2.05, 4.69) is 33.9 Å². The molecule has 0 amide bonds. The van der Waals surface area contributed by atoms with Gasteiger partial charge in [0.15, 0.2) is 0 Å². The number of nitrogens with zero attached hydrogens (tertiary/aromatic N) is 2. The normalized spacial score (nSPS) is 10.2. The first-order valence-electron chi connectivity index (χ1n) is 5.98. The second-order valence-corrected chi connectivity index (χ2v) is 5.88. The number of thiazole rings is 1. The summed E-state index contributed by atoms with van der Waals surface area (Å²) in [5.41, 5.74) is 1.44. The van der Waals surface area contributed by atoms with Crippen molar-refractivity contribution in [2.75, 3.05) is 0 Å². The van der Waals surface area contributed by atoms with Gasteiger partial charge in [-0.3, -0.25) is 0 Å². The average Bonchev–Trinajstić information content (AvgIpc) is 2.85. The molecule has 2 rings (SSSR count). The Morgan fingerprint density at radius 2 is 2.32 bits per heavy atom. The fraction of sp³-hybridized carbons (Fsp3) is 0.286. The van der Waals surface area contributed by atoms with Crippen molar-refractivity contribution in [3.63, 3.8) is 0 Å². The van der Waals surface area contributed by atoms with Crippen molar-refractivity contribution in [2.24, 2.45) is 0 Å². The molecular weight excluding hydrogens is 324 g/mol. The maximum atomic E-state index is 9.05. The Hall–Kier alpha value is -1.38. The molecule has 0 aliphatic rings. The molecule has 98 valence electrons. The quantitative estimate of drug-likeness (QED) is 0.817. The van der Waals surface area contributed by atoms with Crippen molar-refractivity contribution < 1.29 is 4.74 Å². The zero-order chi connectivity index (χ0) is 13.7. The minimum atomic E-state index is 0.399. The van der Waals surface area contributed by atoms with E-state index in [1.165, 1.54) is 0 Å². The first kappa shape index (κ1) is 14.0. The largest absolute Gasteiger partial charge is 0.486 e. The highest BCUT2D eigenvalue weighted by Gasteiger charge is 2.06. The number of aryl methyl sites for hydroxylation is 1. The van der Waals surface area contributed by atoms with E-state index in [-0.39, 0.29) is 0 Å². The van der Waals surface area contributed by atoms with E-state index in [4.69, 9.17) is 10.00 Å². The van der Waals surface area contributed by atoms with Crippen LogP contribution in [0.15, 0.2) is 28.1 Å². The van der Waals surface area contributed by atoms with Crippen LogP contribution in [-0.4, -0.2) is 4.98 Å². The van der Waals surface area contributed by atoms with Crippen molar-refractivity contribution in [1.29, 1.82) is 5.26 Å². The first-order valence-corrected chi connectivity index (χ1v) is 7.66. The summed E-state index contributed by atoms with van der Waals surface area (Å²) in [4.78, 5) is 4.49. The van der Waals surface area contributed by atoms with Crippen molar-refractivity contribution >= 4 is 27.3 Å². The van der Waals surface area contributed by atoms with Crippen LogP contribution in [0, 0.1) is 11.3 Å². The summed E-state index contributed by atoms with van der Waals surface area (Å²) in [6.07, 6.45) is 2.10. The molecule has 0 saturated heterocycles. The van der Waals surface area contributed by atoms with Gasteiger partial charge in [-0.1, -0.05) is 22.9 Å². The maximum Gasteiger partial charge on any atom is 0.137 e. The highest BCUT2D eigenvalue weighted by molar-refractivity contribution is 9.10. The lowest BCUT2D eigenvalue weighted by molar-refractivity contribution is 0.301. The molecule has 0 aliphatic carbocycles. The third-order valence-corrected chi connectivity index (χ3v) is 3.95. The monoisotopic (exact) mass is 336 g/mol. The van der Waals surface area contributed by atoms with Crippen molar-refractivity contribution in [3.8, 4) is 11.8 Å². The molecule has 0 radical (unpaired) electrons. The van der Waals surface area contributed by atoms with Gasteiger partial charge < -0.3 is 4.74 Å². The van der Waals surface area contributed by atoms with Gasteiger partial charge in [0.25, 0.3) is 0 Å². The van der Waals surface area contributed by atoms with Gasteiger partial charge in [0.1, 0.15) is 18.4 Å². The summed E-state index contributed by atoms with van der Waals surface area (Å²) < 4.78 is 6.53. The molecule has 19 heavy (non-hydrogen) atoms. The van der Waals surface area contributed by atoms with Gasteiger partial charge in [0.2, 0.25) is 0 Å². The number of nitriles is 1. The predicted molar refractivity (Wildman–Crippen MR) is 79.3 cm³/mol. The summed E-state index contributed by atoms with van der Waals surface area (Å²) in [6, 6.07) is 7.53. The van der Waals surface area contributed by atoms with Gasteiger partial charge >= 0.3 is 0 Å². The van der Waals surface area contributed by atoms with Crippen molar-refractivity contribution in [1.82, 2.24) is 4.98 Å². The smallest absolute Gasteiger partial charge is 0.137 e. The Morgan fingerprint density at radius 1 is 1.47 bits per heavy atom. The summed E-state index contributed by atoms with van der Waals surface area (Å²) in [6.45, 7) is 2.54. The maximum absolute atomic E-state index is 9.05. The van der Waals surface area contributed by atoms with Crippen LogP contribution in [0.5, 0.6) is 5.75 Å². The van der Waals surface area contributed by atoms with E-state index in [0.717, 1.165) is 28.0 Å². The Kier molecular flexibility index (Phi) is 4.94. The minimum Gasteiger partial charge on any atom is -0.486 e. The lowest BCUT2D eigenvalue weighted by atomic mass is 10.2. The number of aromatic nitrogens is 1. The number of hydrogen-bond donors (Lipinski definition) is 0. The standard InChI is InChI=1S/C14H13BrN2OS/c1-2-3-14-17-12(9-19-14)8-18-13-5-4-11(15)6-10(13)7-16/h4-6,9H,2-3,8H2,1H3. The Bertz CT molecular complexity index is 604. The van der Waals surface area contributed by atoms with Crippen LogP contribution in [0.3, 0.4) is 0 Å². The molecule has 0 N–H and O–H groups in total. The van der Waals surface area contributed by atoms with Crippen LogP contribution in [0.2, 0.25) is 0 Å². The van der Waals surface area contributed by atoms with Crippen LogP contribution in [0.4, 0.5) is 0 Å². The third-order valence-electron chi connectivity index (χ3n) is 2.50. The minimum absolute atomic E-state index is 0.399. The second-order valence-electron chi connectivity index (χ2n) is 4.02. The van der Waals surface area contributed by atoms with Gasteiger partial charge in [-0.25, -0.2) is 4.98 Å². The average molecular weight is 337 g/mol. The Morgan fingerprint density at radius 3 is 3.05 bits per heavy atom. The van der Waals surface area contributed by atoms with Gasteiger partial charge in [0.05, 0.1) is 16.3 Å². The zero-order valence-electron chi connectivity index (χ0n) is 10.5. The second kappa shape index (κ2) is 6.69. The van der Waals surface area contributed by atoms with Crippen LogP contribution in [0.25, 0.3) is 0 Å². The highest BCUT2D eigenvalue weighted by Crippen LogP contribution is 2.23. The summed E-state index contributed by atoms with van der Waals surface area (Å²) in [5, 5.41) is 12.2. The molecule has 0 saturated carbocycles. The summed E-state index contributed by atoms with van der Waals surface area (Å²) in [5.74, 6) is 0.593. The van der Waals surface area contributed by atoms with Crippen LogP contribution < -0.4 is 4.74 Å². The number of benzene rings is 1.